The molecular formula is C14H27F3N2O. The van der Waals surface area contributed by atoms with Crippen LogP contribution in [-0.4, -0.2) is 49.5 Å². The summed E-state index contributed by atoms with van der Waals surface area (Å²) in [5.74, 6) is 0.717. The first-order chi connectivity index (χ1) is 9.33. The van der Waals surface area contributed by atoms with Crippen LogP contribution in [0.25, 0.3) is 0 Å². The molecule has 20 heavy (non-hydrogen) atoms. The van der Waals surface area contributed by atoms with Gasteiger partial charge in [-0.05, 0) is 38.1 Å². The molecule has 1 aliphatic rings. The van der Waals surface area contributed by atoms with Crippen molar-refractivity contribution < 1.29 is 17.9 Å². The van der Waals surface area contributed by atoms with Gasteiger partial charge in [-0.3, -0.25) is 4.90 Å². The van der Waals surface area contributed by atoms with Crippen molar-refractivity contribution in [2.75, 3.05) is 32.8 Å². The highest BCUT2D eigenvalue weighted by atomic mass is 19.4. The van der Waals surface area contributed by atoms with E-state index >= 15 is 0 Å². The number of halogens is 3. The lowest BCUT2D eigenvalue weighted by atomic mass is 9.76. The lowest BCUT2D eigenvalue weighted by Crippen LogP contribution is -2.56. The lowest BCUT2D eigenvalue weighted by Gasteiger charge is -2.47. The van der Waals surface area contributed by atoms with Crippen molar-refractivity contribution in [3.63, 3.8) is 0 Å². The van der Waals surface area contributed by atoms with E-state index < -0.39 is 12.8 Å². The number of ether oxygens (including phenoxy) is 1. The third-order valence-electron chi connectivity index (χ3n) is 4.41. The van der Waals surface area contributed by atoms with Crippen LogP contribution in [0, 0.1) is 5.92 Å². The first-order valence-electron chi connectivity index (χ1n) is 7.42. The van der Waals surface area contributed by atoms with Gasteiger partial charge in [0.15, 0.2) is 0 Å². The summed E-state index contributed by atoms with van der Waals surface area (Å²) in [5.41, 5.74) is 5.92. The van der Waals surface area contributed by atoms with E-state index in [0.717, 1.165) is 38.1 Å². The van der Waals surface area contributed by atoms with Gasteiger partial charge in [0, 0.05) is 18.6 Å². The topological polar surface area (TPSA) is 38.5 Å². The summed E-state index contributed by atoms with van der Waals surface area (Å²) in [5, 5.41) is 0. The predicted molar refractivity (Wildman–Crippen MR) is 73.5 cm³/mol. The van der Waals surface area contributed by atoms with E-state index in [9.17, 15) is 13.2 Å². The fourth-order valence-corrected chi connectivity index (χ4v) is 3.04. The minimum Gasteiger partial charge on any atom is -0.371 e. The Hall–Kier alpha value is -0.330. The Balaban J connectivity index is 2.47. The molecule has 0 unspecified atom stereocenters. The monoisotopic (exact) mass is 296 g/mol. The molecule has 0 aromatic rings. The van der Waals surface area contributed by atoms with E-state index in [0.29, 0.717) is 13.1 Å². The molecule has 3 nitrogen and oxygen atoms in total. The molecule has 1 aliphatic carbocycles. The number of likely N-dealkylation sites (N-methyl/N-ethyl adjacent to an activating group) is 1. The summed E-state index contributed by atoms with van der Waals surface area (Å²) in [6, 6.07) is 0. The van der Waals surface area contributed by atoms with Crippen LogP contribution in [0.3, 0.4) is 0 Å². The van der Waals surface area contributed by atoms with Crippen LogP contribution >= 0.6 is 0 Å². The second-order valence-corrected chi connectivity index (χ2v) is 5.86. The first kappa shape index (κ1) is 17.7. The van der Waals surface area contributed by atoms with Crippen LogP contribution in [0.2, 0.25) is 0 Å². The van der Waals surface area contributed by atoms with Crippen LogP contribution in [0.5, 0.6) is 0 Å². The zero-order valence-corrected chi connectivity index (χ0v) is 12.5. The summed E-state index contributed by atoms with van der Waals surface area (Å²) >= 11 is 0. The molecule has 120 valence electrons. The summed E-state index contributed by atoms with van der Waals surface area (Å²) in [4.78, 5) is 2.20. The maximum absolute atomic E-state index is 12.0. The van der Waals surface area contributed by atoms with Gasteiger partial charge in [-0.25, -0.2) is 0 Å². The molecule has 1 fully saturated rings. The lowest BCUT2D eigenvalue weighted by molar-refractivity contribution is -0.175. The smallest absolute Gasteiger partial charge is 0.371 e. The number of hydrogen-bond donors (Lipinski definition) is 1. The Kier molecular flexibility index (Phi) is 6.75. The van der Waals surface area contributed by atoms with E-state index in [4.69, 9.17) is 10.5 Å². The van der Waals surface area contributed by atoms with E-state index in [1.54, 1.807) is 0 Å². The van der Waals surface area contributed by atoms with Crippen LogP contribution in [-0.2, 0) is 4.74 Å². The molecule has 0 radical (unpaired) electrons. The highest BCUT2D eigenvalue weighted by Crippen LogP contribution is 2.35. The molecule has 6 heteroatoms. The number of nitrogens with zero attached hydrogens (tertiary/aromatic N) is 1. The van der Waals surface area contributed by atoms with Crippen LogP contribution < -0.4 is 5.73 Å². The van der Waals surface area contributed by atoms with E-state index in [1.807, 2.05) is 6.92 Å². The Labute approximate surface area is 119 Å². The number of rotatable bonds is 7. The SMILES string of the molecule is CCN(CCOCC(F)(F)F)C1(CN)CCC(C)CC1. The standard InChI is InChI=1S/C14H27F3N2O/c1-3-19(8-9-20-11-14(15,16)17)13(10-18)6-4-12(2)5-7-13/h12H,3-11,18H2,1-2H3. The molecule has 0 aromatic carbocycles. The molecule has 1 rings (SSSR count). The van der Waals surface area contributed by atoms with Gasteiger partial charge in [0.25, 0.3) is 0 Å². The number of nitrogens with two attached hydrogens (primary N) is 1. The van der Waals surface area contributed by atoms with Crippen LogP contribution in [0.4, 0.5) is 13.2 Å². The van der Waals surface area contributed by atoms with Crippen molar-refractivity contribution in [3.05, 3.63) is 0 Å². The zero-order chi connectivity index (χ0) is 15.2. The van der Waals surface area contributed by atoms with E-state index in [-0.39, 0.29) is 12.1 Å². The van der Waals surface area contributed by atoms with Gasteiger partial charge in [-0.2, -0.15) is 13.2 Å². The predicted octanol–water partition coefficient (Wildman–Crippen LogP) is 2.79. The zero-order valence-electron chi connectivity index (χ0n) is 12.5. The maximum Gasteiger partial charge on any atom is 0.411 e. The molecule has 0 bridgehead atoms. The van der Waals surface area contributed by atoms with Crippen molar-refractivity contribution in [1.82, 2.24) is 4.90 Å². The van der Waals surface area contributed by atoms with Gasteiger partial charge >= 0.3 is 6.18 Å². The van der Waals surface area contributed by atoms with Gasteiger partial charge in [0.1, 0.15) is 6.61 Å². The van der Waals surface area contributed by atoms with Crippen LogP contribution in [0.15, 0.2) is 0 Å². The molecule has 0 heterocycles. The van der Waals surface area contributed by atoms with Crippen molar-refractivity contribution in [3.8, 4) is 0 Å². The Morgan fingerprint density at radius 1 is 1.30 bits per heavy atom. The molecular weight excluding hydrogens is 269 g/mol. The highest BCUT2D eigenvalue weighted by Gasteiger charge is 2.37. The summed E-state index contributed by atoms with van der Waals surface area (Å²) < 4.78 is 40.9. The molecule has 0 saturated heterocycles. The second kappa shape index (κ2) is 7.61. The second-order valence-electron chi connectivity index (χ2n) is 5.86. The molecule has 0 atom stereocenters. The maximum atomic E-state index is 12.0. The normalized spacial score (nSPS) is 28.1. The molecule has 0 amide bonds. The molecule has 1 saturated carbocycles. The third-order valence-corrected chi connectivity index (χ3v) is 4.41. The summed E-state index contributed by atoms with van der Waals surface area (Å²) in [7, 11) is 0. The minimum absolute atomic E-state index is 0.0527. The van der Waals surface area contributed by atoms with Gasteiger partial charge < -0.3 is 10.5 Å². The fraction of sp³-hybridized carbons (Fsp3) is 1.00. The van der Waals surface area contributed by atoms with Gasteiger partial charge in [0.05, 0.1) is 6.61 Å². The highest BCUT2D eigenvalue weighted by molar-refractivity contribution is 4.95. The molecule has 0 aromatic heterocycles. The van der Waals surface area contributed by atoms with Gasteiger partial charge in [-0.15, -0.1) is 0 Å². The Morgan fingerprint density at radius 2 is 1.90 bits per heavy atom. The number of alkyl halides is 3. The van der Waals surface area contributed by atoms with E-state index in [2.05, 4.69) is 11.8 Å². The van der Waals surface area contributed by atoms with Gasteiger partial charge in [0.2, 0.25) is 0 Å². The molecule has 0 aliphatic heterocycles. The third kappa shape index (κ3) is 5.22. The average molecular weight is 296 g/mol. The first-order valence-corrected chi connectivity index (χ1v) is 7.42. The van der Waals surface area contributed by atoms with Gasteiger partial charge in [-0.1, -0.05) is 13.8 Å². The number of hydrogen-bond acceptors (Lipinski definition) is 3. The largest absolute Gasteiger partial charge is 0.411 e. The summed E-state index contributed by atoms with van der Waals surface area (Å²) in [6.45, 7) is 5.07. The quantitative estimate of drug-likeness (QED) is 0.734. The Morgan fingerprint density at radius 3 is 2.35 bits per heavy atom. The van der Waals surface area contributed by atoms with Crippen molar-refractivity contribution in [1.29, 1.82) is 0 Å². The van der Waals surface area contributed by atoms with E-state index in [1.165, 1.54) is 0 Å². The summed E-state index contributed by atoms with van der Waals surface area (Å²) in [6.07, 6.45) is 0.0760. The van der Waals surface area contributed by atoms with Crippen molar-refractivity contribution in [2.45, 2.75) is 51.2 Å². The average Bonchev–Trinajstić information content (AvgIpc) is 2.39. The molecule has 0 spiro atoms. The van der Waals surface area contributed by atoms with Crippen molar-refractivity contribution >= 4 is 0 Å². The minimum atomic E-state index is -4.25. The fourth-order valence-electron chi connectivity index (χ4n) is 3.04. The Bertz CT molecular complexity index is 276. The molecule has 2 N–H and O–H groups in total. The van der Waals surface area contributed by atoms with Crippen molar-refractivity contribution in [2.24, 2.45) is 11.7 Å². The van der Waals surface area contributed by atoms with Crippen LogP contribution in [0.1, 0.15) is 39.5 Å².